The van der Waals surface area contributed by atoms with Gasteiger partial charge < -0.3 is 14.5 Å². The number of pyridine rings is 1. The number of nitrogens with zero attached hydrogens (tertiary/aromatic N) is 1. The smallest absolute Gasteiger partial charge is 0.349 e. The van der Waals surface area contributed by atoms with Crippen molar-refractivity contribution in [3.63, 3.8) is 0 Å². The van der Waals surface area contributed by atoms with E-state index in [1.807, 2.05) is 12.1 Å². The molecule has 0 spiro atoms. The quantitative estimate of drug-likeness (QED) is 0.727. The van der Waals surface area contributed by atoms with Crippen LogP contribution in [0.5, 0.6) is 5.75 Å². The molecule has 0 bridgehead atoms. The molecule has 0 aliphatic rings. The molecule has 0 aliphatic heterocycles. The summed E-state index contributed by atoms with van der Waals surface area (Å²) in [5, 5.41) is 3.36. The standard InChI is InChI=1S/C18H16N2O4/c1-23-15-4-2-3-13-11-14(18(22)24-16(13)15)17(21)20-10-7-12-5-8-19-9-6-12/h2-6,8-9,11H,7,10H2,1H3,(H,20,21). The molecule has 24 heavy (non-hydrogen) atoms. The Bertz CT molecular complexity index is 919. The first-order valence-electron chi connectivity index (χ1n) is 7.47. The zero-order chi connectivity index (χ0) is 16.9. The van der Waals surface area contributed by atoms with Gasteiger partial charge >= 0.3 is 5.63 Å². The Labute approximate surface area is 138 Å². The summed E-state index contributed by atoms with van der Waals surface area (Å²) in [6, 6.07) is 10.5. The Morgan fingerprint density at radius 3 is 2.79 bits per heavy atom. The van der Waals surface area contributed by atoms with E-state index in [1.165, 1.54) is 13.2 Å². The number of para-hydroxylation sites is 1. The van der Waals surface area contributed by atoms with E-state index in [0.717, 1.165) is 5.56 Å². The first-order chi connectivity index (χ1) is 11.7. The lowest BCUT2D eigenvalue weighted by Gasteiger charge is -2.07. The topological polar surface area (TPSA) is 81.4 Å². The van der Waals surface area contributed by atoms with Gasteiger partial charge in [0.05, 0.1) is 7.11 Å². The average Bonchev–Trinajstić information content (AvgIpc) is 2.61. The van der Waals surface area contributed by atoms with E-state index in [-0.39, 0.29) is 5.56 Å². The minimum atomic E-state index is -0.687. The number of nitrogens with one attached hydrogen (secondary N) is 1. The Morgan fingerprint density at radius 2 is 2.04 bits per heavy atom. The second-order valence-electron chi connectivity index (χ2n) is 5.19. The summed E-state index contributed by atoms with van der Waals surface area (Å²) < 4.78 is 10.4. The molecule has 1 aromatic carbocycles. The van der Waals surface area contributed by atoms with E-state index in [9.17, 15) is 9.59 Å². The van der Waals surface area contributed by atoms with Crippen molar-refractivity contribution in [1.29, 1.82) is 0 Å². The third-order valence-corrected chi connectivity index (χ3v) is 3.64. The van der Waals surface area contributed by atoms with Gasteiger partial charge in [0.2, 0.25) is 0 Å². The highest BCUT2D eigenvalue weighted by atomic mass is 16.5. The Balaban J connectivity index is 1.77. The van der Waals surface area contributed by atoms with Crippen LogP contribution in [0, 0.1) is 0 Å². The first-order valence-corrected chi connectivity index (χ1v) is 7.47. The average molecular weight is 324 g/mol. The number of amides is 1. The fourth-order valence-corrected chi connectivity index (χ4v) is 2.40. The molecule has 2 aromatic heterocycles. The monoisotopic (exact) mass is 324 g/mol. The molecule has 2 heterocycles. The number of methoxy groups -OCH3 is 1. The Morgan fingerprint density at radius 1 is 1.25 bits per heavy atom. The molecular weight excluding hydrogens is 308 g/mol. The van der Waals surface area contributed by atoms with Crippen molar-refractivity contribution >= 4 is 16.9 Å². The molecule has 0 radical (unpaired) electrons. The Kier molecular flexibility index (Phi) is 4.56. The van der Waals surface area contributed by atoms with Gasteiger partial charge in [-0.1, -0.05) is 12.1 Å². The number of rotatable bonds is 5. The number of ether oxygens (including phenoxy) is 1. The second kappa shape index (κ2) is 6.95. The number of hydrogen-bond acceptors (Lipinski definition) is 5. The van der Waals surface area contributed by atoms with Crippen molar-refractivity contribution in [2.45, 2.75) is 6.42 Å². The van der Waals surface area contributed by atoms with E-state index in [1.54, 1.807) is 30.6 Å². The van der Waals surface area contributed by atoms with Crippen LogP contribution in [0.3, 0.4) is 0 Å². The number of aromatic nitrogens is 1. The van der Waals surface area contributed by atoms with Gasteiger partial charge in [-0.05, 0) is 36.2 Å². The van der Waals surface area contributed by atoms with Crippen LogP contribution in [0.2, 0.25) is 0 Å². The SMILES string of the molecule is COc1cccc2cc(C(=O)NCCc3ccncc3)c(=O)oc12. The maximum atomic E-state index is 12.2. The number of fused-ring (bicyclic) bond motifs is 1. The zero-order valence-electron chi connectivity index (χ0n) is 13.1. The van der Waals surface area contributed by atoms with Crippen LogP contribution in [0.25, 0.3) is 11.0 Å². The molecule has 122 valence electrons. The van der Waals surface area contributed by atoms with E-state index < -0.39 is 11.5 Å². The van der Waals surface area contributed by atoms with Crippen molar-refractivity contribution in [3.8, 4) is 5.75 Å². The molecule has 6 nitrogen and oxygen atoms in total. The highest BCUT2D eigenvalue weighted by Gasteiger charge is 2.15. The van der Waals surface area contributed by atoms with Crippen LogP contribution in [0.1, 0.15) is 15.9 Å². The summed E-state index contributed by atoms with van der Waals surface area (Å²) in [6.45, 7) is 0.415. The molecule has 3 rings (SSSR count). The Hall–Kier alpha value is -3.15. The molecule has 0 saturated carbocycles. The van der Waals surface area contributed by atoms with E-state index in [4.69, 9.17) is 9.15 Å². The van der Waals surface area contributed by atoms with E-state index >= 15 is 0 Å². The van der Waals surface area contributed by atoms with Crippen molar-refractivity contribution in [1.82, 2.24) is 10.3 Å². The first kappa shape index (κ1) is 15.7. The maximum absolute atomic E-state index is 12.2. The summed E-state index contributed by atoms with van der Waals surface area (Å²) in [7, 11) is 1.49. The minimum Gasteiger partial charge on any atom is -0.493 e. The molecule has 0 aliphatic carbocycles. The minimum absolute atomic E-state index is 0.0227. The van der Waals surface area contributed by atoms with Crippen LogP contribution < -0.4 is 15.7 Å². The van der Waals surface area contributed by atoms with Crippen LogP contribution in [-0.4, -0.2) is 24.5 Å². The number of carbonyl (C=O) groups excluding carboxylic acids is 1. The molecule has 0 saturated heterocycles. The van der Waals surface area contributed by atoms with E-state index in [2.05, 4.69) is 10.3 Å². The van der Waals surface area contributed by atoms with Gasteiger partial charge in [0.15, 0.2) is 11.3 Å². The highest BCUT2D eigenvalue weighted by Crippen LogP contribution is 2.24. The van der Waals surface area contributed by atoms with Crippen molar-refractivity contribution in [3.05, 3.63) is 70.3 Å². The molecule has 3 aromatic rings. The van der Waals surface area contributed by atoms with Gasteiger partial charge in [0.1, 0.15) is 5.56 Å². The number of carbonyl (C=O) groups is 1. The van der Waals surface area contributed by atoms with Crippen LogP contribution >= 0.6 is 0 Å². The fourth-order valence-electron chi connectivity index (χ4n) is 2.40. The molecule has 0 unspecified atom stereocenters. The fraction of sp³-hybridized carbons (Fsp3) is 0.167. The predicted octanol–water partition coefficient (Wildman–Crippen LogP) is 2.17. The third kappa shape index (κ3) is 3.27. The van der Waals surface area contributed by atoms with Gasteiger partial charge in [-0.15, -0.1) is 0 Å². The lowest BCUT2D eigenvalue weighted by molar-refractivity contribution is 0.0950. The molecular formula is C18H16N2O4. The van der Waals surface area contributed by atoms with Gasteiger partial charge in [-0.2, -0.15) is 0 Å². The van der Waals surface area contributed by atoms with Crippen LogP contribution in [0.4, 0.5) is 0 Å². The summed E-state index contributed by atoms with van der Waals surface area (Å²) in [6.07, 6.45) is 4.05. The van der Waals surface area contributed by atoms with Gasteiger partial charge in [-0.3, -0.25) is 9.78 Å². The molecule has 0 fully saturated rings. The lowest BCUT2D eigenvalue weighted by atomic mass is 10.1. The molecule has 6 heteroatoms. The van der Waals surface area contributed by atoms with E-state index in [0.29, 0.717) is 29.7 Å². The largest absolute Gasteiger partial charge is 0.493 e. The summed E-state index contributed by atoms with van der Waals surface area (Å²) in [5.41, 5.74) is 0.679. The van der Waals surface area contributed by atoms with Gasteiger partial charge in [-0.25, -0.2) is 4.79 Å². The maximum Gasteiger partial charge on any atom is 0.349 e. The normalized spacial score (nSPS) is 10.5. The number of benzene rings is 1. The van der Waals surface area contributed by atoms with Crippen LogP contribution in [0.15, 0.2) is 58.0 Å². The van der Waals surface area contributed by atoms with Crippen molar-refractivity contribution < 1.29 is 13.9 Å². The lowest BCUT2D eigenvalue weighted by Crippen LogP contribution is -2.29. The highest BCUT2D eigenvalue weighted by molar-refractivity contribution is 5.97. The molecule has 0 atom stereocenters. The predicted molar refractivity (Wildman–Crippen MR) is 89.3 cm³/mol. The summed E-state index contributed by atoms with van der Waals surface area (Å²) in [5.74, 6) is -0.00299. The van der Waals surface area contributed by atoms with Crippen LogP contribution in [-0.2, 0) is 6.42 Å². The third-order valence-electron chi connectivity index (χ3n) is 3.64. The van der Waals surface area contributed by atoms with Gasteiger partial charge in [0.25, 0.3) is 5.91 Å². The second-order valence-corrected chi connectivity index (χ2v) is 5.19. The van der Waals surface area contributed by atoms with Crippen molar-refractivity contribution in [2.75, 3.05) is 13.7 Å². The molecule has 1 N–H and O–H groups in total. The number of hydrogen-bond donors (Lipinski definition) is 1. The van der Waals surface area contributed by atoms with Crippen molar-refractivity contribution in [2.24, 2.45) is 0 Å². The zero-order valence-corrected chi connectivity index (χ0v) is 13.1. The summed E-state index contributed by atoms with van der Waals surface area (Å²) >= 11 is 0. The van der Waals surface area contributed by atoms with Gasteiger partial charge in [0, 0.05) is 24.3 Å². The molecule has 1 amide bonds. The summed E-state index contributed by atoms with van der Waals surface area (Å²) in [4.78, 5) is 28.3.